The summed E-state index contributed by atoms with van der Waals surface area (Å²) in [5, 5.41) is 22.1. The highest BCUT2D eigenvalue weighted by atomic mass is 127. The number of phosphoric acid groups is 2. The van der Waals surface area contributed by atoms with Gasteiger partial charge in [0.05, 0.1) is 28.5 Å². The molecular formula is C14H22IN5O9P2S. The topological polar surface area (TPSA) is 223 Å². The number of nitrogens with zero attached hydrogens (tertiary/aromatic N) is 4. The number of hydrogen-bond donors (Lipinski definition) is 6. The number of rotatable bonds is 8. The Morgan fingerprint density at radius 2 is 1.97 bits per heavy atom. The van der Waals surface area contributed by atoms with Crippen LogP contribution in [0.3, 0.4) is 0 Å². The lowest BCUT2D eigenvalue weighted by Gasteiger charge is -2.31. The van der Waals surface area contributed by atoms with Crippen LogP contribution in [0.4, 0.5) is 5.82 Å². The maximum Gasteiger partial charge on any atom is 0.481 e. The first-order valence-electron chi connectivity index (χ1n) is 9.03. The van der Waals surface area contributed by atoms with Gasteiger partial charge in [-0.2, -0.15) is 4.31 Å². The van der Waals surface area contributed by atoms with Crippen LogP contribution in [0.2, 0.25) is 0 Å². The molecule has 180 valence electrons. The van der Waals surface area contributed by atoms with Gasteiger partial charge in [0, 0.05) is 0 Å². The molecule has 1 saturated carbocycles. The van der Waals surface area contributed by atoms with Gasteiger partial charge in [-0.15, -0.1) is 0 Å². The molecule has 1 aliphatic rings. The largest absolute Gasteiger partial charge is 0.481 e. The molecule has 0 aromatic carbocycles. The van der Waals surface area contributed by atoms with Gasteiger partial charge < -0.3 is 35.2 Å². The fraction of sp³-hybridized carbons (Fsp3) is 0.643. The molecule has 2 aromatic heterocycles. The predicted molar refractivity (Wildman–Crippen MR) is 122 cm³/mol. The minimum atomic E-state index is -5.24. The number of hydrogen-bond acceptors (Lipinski definition) is 11. The first-order valence-corrected chi connectivity index (χ1v) is 14.4. The quantitative estimate of drug-likeness (QED) is 0.0787. The molecule has 0 amide bonds. The van der Waals surface area contributed by atoms with E-state index < -0.39 is 49.8 Å². The SMILES string of the molecule is CSc1nc(N)c2ncn(C3[C@@H](C)[C@](I)(CCOP(=O)(O)OP(=O)(O)O)[C@@H](O)[C@H]3O)c2n1. The number of aliphatic hydroxyl groups excluding tert-OH is 2. The van der Waals surface area contributed by atoms with Crippen LogP contribution < -0.4 is 5.73 Å². The van der Waals surface area contributed by atoms with Crippen LogP contribution in [0.5, 0.6) is 0 Å². The number of anilines is 1. The number of nitrogens with two attached hydrogens (primary N) is 1. The van der Waals surface area contributed by atoms with Crippen molar-refractivity contribution in [1.82, 2.24) is 19.5 Å². The van der Waals surface area contributed by atoms with Crippen LogP contribution >= 0.6 is 50.0 Å². The van der Waals surface area contributed by atoms with E-state index in [1.165, 1.54) is 18.1 Å². The number of nitrogen functional groups attached to an aromatic ring is 1. The number of aliphatic hydroxyl groups is 2. The van der Waals surface area contributed by atoms with Gasteiger partial charge in [0.2, 0.25) is 0 Å². The van der Waals surface area contributed by atoms with Crippen LogP contribution in [0.1, 0.15) is 19.4 Å². The summed E-state index contributed by atoms with van der Waals surface area (Å²) in [5.41, 5.74) is 6.69. The fourth-order valence-electron chi connectivity index (χ4n) is 3.80. The fourth-order valence-corrected chi connectivity index (χ4v) is 6.71. The van der Waals surface area contributed by atoms with Gasteiger partial charge in [0.15, 0.2) is 16.6 Å². The van der Waals surface area contributed by atoms with E-state index in [1.54, 1.807) is 17.7 Å². The average molecular weight is 625 g/mol. The summed E-state index contributed by atoms with van der Waals surface area (Å²) in [6, 6.07) is -0.678. The number of alkyl halides is 1. The number of aromatic nitrogens is 4. The summed E-state index contributed by atoms with van der Waals surface area (Å²) in [6.45, 7) is 1.29. The number of thioether (sulfide) groups is 1. The molecule has 7 N–H and O–H groups in total. The number of fused-ring (bicyclic) bond motifs is 1. The van der Waals surface area contributed by atoms with E-state index >= 15 is 0 Å². The van der Waals surface area contributed by atoms with E-state index in [0.717, 1.165) is 0 Å². The molecule has 32 heavy (non-hydrogen) atoms. The highest BCUT2D eigenvalue weighted by Gasteiger charge is 2.57. The zero-order chi connectivity index (χ0) is 24.1. The molecule has 14 nitrogen and oxygen atoms in total. The van der Waals surface area contributed by atoms with Crippen LogP contribution in [0, 0.1) is 5.92 Å². The molecule has 1 fully saturated rings. The molecule has 0 radical (unpaired) electrons. The Hall–Kier alpha value is -0.390. The second kappa shape index (κ2) is 9.34. The summed E-state index contributed by atoms with van der Waals surface area (Å²) in [6.07, 6.45) is 0.665. The number of imidazole rings is 1. The first-order chi connectivity index (χ1) is 14.7. The molecular weight excluding hydrogens is 603 g/mol. The number of halogens is 1. The van der Waals surface area contributed by atoms with Crippen LogP contribution in [-0.2, 0) is 18.0 Å². The van der Waals surface area contributed by atoms with Crippen molar-refractivity contribution in [1.29, 1.82) is 0 Å². The van der Waals surface area contributed by atoms with E-state index in [4.69, 9.17) is 15.5 Å². The zero-order valence-electron chi connectivity index (χ0n) is 16.7. The van der Waals surface area contributed by atoms with Gasteiger partial charge in [-0.1, -0.05) is 41.3 Å². The maximum atomic E-state index is 11.7. The Balaban J connectivity index is 1.85. The highest BCUT2D eigenvalue weighted by Crippen LogP contribution is 2.58. The average Bonchev–Trinajstić information content (AvgIpc) is 3.14. The molecule has 2 aromatic rings. The lowest BCUT2D eigenvalue weighted by molar-refractivity contribution is 0.0128. The second-order valence-corrected chi connectivity index (χ2v) is 12.8. The van der Waals surface area contributed by atoms with E-state index in [-0.39, 0.29) is 12.2 Å². The summed E-state index contributed by atoms with van der Waals surface area (Å²) >= 11 is 3.23. The zero-order valence-corrected chi connectivity index (χ0v) is 21.5. The van der Waals surface area contributed by atoms with Gasteiger partial charge >= 0.3 is 15.6 Å². The van der Waals surface area contributed by atoms with Gasteiger partial charge in [0.25, 0.3) is 0 Å². The molecule has 3 rings (SSSR count). The van der Waals surface area contributed by atoms with Crippen LogP contribution in [-0.4, -0.2) is 72.9 Å². The number of phosphoric ester groups is 1. The second-order valence-electron chi connectivity index (χ2n) is 7.19. The standard InChI is InChI=1S/C14H22IN5O9P2S/c1-6-8(20-5-17-7-11(16)18-13(32-2)19-12(7)20)9(21)10(22)14(6,15)3-4-28-31(26,27)29-30(23,24)25/h5-6,8-10,21-22H,3-4H2,1-2H3,(H,26,27)(H2,16,18,19)(H2,23,24,25)/t6-,8?,9+,10+,14-/m1/s1. The molecule has 0 aliphatic heterocycles. The summed E-state index contributed by atoms with van der Waals surface area (Å²) < 4.78 is 31.5. The Kier molecular flexibility index (Phi) is 7.65. The monoisotopic (exact) mass is 625 g/mol. The van der Waals surface area contributed by atoms with Crippen molar-refractivity contribution in [2.75, 3.05) is 18.6 Å². The smallest absolute Gasteiger partial charge is 0.389 e. The molecule has 6 atom stereocenters. The third-order valence-corrected chi connectivity index (χ3v) is 10.2. The van der Waals surface area contributed by atoms with Crippen molar-refractivity contribution in [2.45, 2.75) is 40.2 Å². The van der Waals surface area contributed by atoms with E-state index in [9.17, 15) is 24.2 Å². The van der Waals surface area contributed by atoms with Crippen LogP contribution in [0.25, 0.3) is 11.2 Å². The molecule has 0 spiro atoms. The summed E-state index contributed by atoms with van der Waals surface area (Å²) in [7, 11) is -10.3. The van der Waals surface area contributed by atoms with E-state index in [1.807, 2.05) is 22.6 Å². The summed E-state index contributed by atoms with van der Waals surface area (Å²) in [4.78, 5) is 39.6. The third-order valence-electron chi connectivity index (χ3n) is 5.32. The molecule has 18 heteroatoms. The third kappa shape index (κ3) is 5.15. The molecule has 2 unspecified atom stereocenters. The lowest BCUT2D eigenvalue weighted by atomic mass is 9.91. The Morgan fingerprint density at radius 3 is 2.56 bits per heavy atom. The van der Waals surface area contributed by atoms with E-state index in [0.29, 0.717) is 16.3 Å². The van der Waals surface area contributed by atoms with Crippen molar-refractivity contribution in [2.24, 2.45) is 5.92 Å². The highest BCUT2D eigenvalue weighted by molar-refractivity contribution is 14.1. The molecule has 2 heterocycles. The van der Waals surface area contributed by atoms with Gasteiger partial charge in [0.1, 0.15) is 11.6 Å². The van der Waals surface area contributed by atoms with Crippen molar-refractivity contribution in [3.8, 4) is 0 Å². The summed E-state index contributed by atoms with van der Waals surface area (Å²) in [5.74, 6) is -0.250. The van der Waals surface area contributed by atoms with Crippen molar-refractivity contribution in [3.05, 3.63) is 6.33 Å². The normalized spacial score (nSPS) is 30.6. The minimum absolute atomic E-state index is 0.0433. The van der Waals surface area contributed by atoms with Crippen molar-refractivity contribution < 1.29 is 42.9 Å². The van der Waals surface area contributed by atoms with Crippen molar-refractivity contribution in [3.63, 3.8) is 0 Å². The lowest BCUT2D eigenvalue weighted by Crippen LogP contribution is -2.40. The molecule has 0 bridgehead atoms. The molecule has 0 saturated heterocycles. The Labute approximate surface area is 199 Å². The predicted octanol–water partition coefficient (Wildman–Crippen LogP) is 0.833. The van der Waals surface area contributed by atoms with Gasteiger partial charge in [-0.05, 0) is 18.6 Å². The minimum Gasteiger partial charge on any atom is -0.389 e. The van der Waals surface area contributed by atoms with Gasteiger partial charge in [-0.25, -0.2) is 24.1 Å². The van der Waals surface area contributed by atoms with E-state index in [2.05, 4.69) is 23.8 Å². The Bertz CT molecular complexity index is 1100. The molecule has 1 aliphatic carbocycles. The van der Waals surface area contributed by atoms with Crippen LogP contribution in [0.15, 0.2) is 11.5 Å². The maximum absolute atomic E-state index is 11.7. The first kappa shape index (κ1) is 26.2. The van der Waals surface area contributed by atoms with Crippen molar-refractivity contribution >= 4 is 67.0 Å². The Morgan fingerprint density at radius 1 is 1.31 bits per heavy atom. The van der Waals surface area contributed by atoms with Gasteiger partial charge in [-0.3, -0.25) is 4.52 Å².